The molecule has 0 bridgehead atoms. The number of halogens is 3. The van der Waals surface area contributed by atoms with E-state index in [0.717, 1.165) is 0 Å². The standard InChI is InChI=1S/C11H13ClFNO.ClH/c1-14(2)6-5-11(15)8-3-4-10(13)9(12)7-8;/h3-4,7H,5-6H2,1-2H3;1H. The molecule has 0 spiro atoms. The number of nitrogens with zero attached hydrogens (tertiary/aromatic N) is 1. The summed E-state index contributed by atoms with van der Waals surface area (Å²) in [6.45, 7) is 0.674. The van der Waals surface area contributed by atoms with Crippen molar-refractivity contribution in [3.63, 3.8) is 0 Å². The van der Waals surface area contributed by atoms with Gasteiger partial charge in [0.15, 0.2) is 5.78 Å². The van der Waals surface area contributed by atoms with Crippen LogP contribution in [0.25, 0.3) is 0 Å². The first-order chi connectivity index (χ1) is 7.00. The number of hydrogen-bond donors (Lipinski definition) is 0. The maximum atomic E-state index is 12.8. The highest BCUT2D eigenvalue weighted by Gasteiger charge is 2.08. The molecule has 0 fully saturated rings. The minimum Gasteiger partial charge on any atom is -0.309 e. The second-order valence-electron chi connectivity index (χ2n) is 3.61. The minimum absolute atomic E-state index is 0. The van der Waals surface area contributed by atoms with Crippen molar-refractivity contribution in [1.29, 1.82) is 0 Å². The quantitative estimate of drug-likeness (QED) is 0.781. The molecule has 5 heteroatoms. The molecule has 0 atom stereocenters. The molecule has 0 radical (unpaired) electrons. The van der Waals surface area contributed by atoms with E-state index in [4.69, 9.17) is 11.6 Å². The van der Waals surface area contributed by atoms with Crippen LogP contribution in [0.5, 0.6) is 0 Å². The fraction of sp³-hybridized carbons (Fsp3) is 0.364. The van der Waals surface area contributed by atoms with Crippen molar-refractivity contribution in [3.8, 4) is 0 Å². The lowest BCUT2D eigenvalue weighted by Crippen LogP contribution is -2.16. The normalized spacial score (nSPS) is 10.1. The number of ketones is 1. The zero-order chi connectivity index (χ0) is 11.4. The molecule has 0 aliphatic rings. The number of carbonyl (C=O) groups is 1. The predicted molar refractivity (Wildman–Crippen MR) is 66.2 cm³/mol. The average Bonchev–Trinajstić information content (AvgIpc) is 2.18. The number of carbonyl (C=O) groups excluding carboxylic acids is 1. The number of Topliss-reactive ketones (excluding diaryl/α,β-unsaturated/α-hetero) is 1. The second kappa shape index (κ2) is 6.84. The molecule has 2 nitrogen and oxygen atoms in total. The van der Waals surface area contributed by atoms with Gasteiger partial charge in [-0.1, -0.05) is 11.6 Å². The van der Waals surface area contributed by atoms with Crippen LogP contribution in [-0.2, 0) is 0 Å². The van der Waals surface area contributed by atoms with E-state index in [1.54, 1.807) is 0 Å². The van der Waals surface area contributed by atoms with Crippen molar-refractivity contribution in [2.75, 3.05) is 20.6 Å². The molecule has 0 N–H and O–H groups in total. The van der Waals surface area contributed by atoms with Gasteiger partial charge in [0.25, 0.3) is 0 Å². The molecule has 0 aliphatic heterocycles. The van der Waals surface area contributed by atoms with Gasteiger partial charge < -0.3 is 4.90 Å². The number of benzene rings is 1. The van der Waals surface area contributed by atoms with Gasteiger partial charge in [-0.15, -0.1) is 12.4 Å². The van der Waals surface area contributed by atoms with E-state index >= 15 is 0 Å². The Balaban J connectivity index is 0.00000225. The molecular formula is C11H14Cl2FNO. The van der Waals surface area contributed by atoms with Crippen LogP contribution in [0.1, 0.15) is 16.8 Å². The van der Waals surface area contributed by atoms with Gasteiger partial charge >= 0.3 is 0 Å². The molecule has 90 valence electrons. The van der Waals surface area contributed by atoms with Crippen molar-refractivity contribution in [3.05, 3.63) is 34.6 Å². The topological polar surface area (TPSA) is 20.3 Å². The molecule has 0 saturated heterocycles. The van der Waals surface area contributed by atoms with Crippen LogP contribution < -0.4 is 0 Å². The third kappa shape index (κ3) is 4.47. The predicted octanol–water partition coefficient (Wildman–Crippen LogP) is 3.04. The Morgan fingerprint density at radius 3 is 2.56 bits per heavy atom. The SMILES string of the molecule is CN(C)CCC(=O)c1ccc(F)c(Cl)c1.Cl. The van der Waals surface area contributed by atoms with Crippen LogP contribution in [0.4, 0.5) is 4.39 Å². The lowest BCUT2D eigenvalue weighted by Gasteiger charge is -2.08. The summed E-state index contributed by atoms with van der Waals surface area (Å²) in [6, 6.07) is 4.04. The average molecular weight is 266 g/mol. The van der Waals surface area contributed by atoms with E-state index in [0.29, 0.717) is 18.5 Å². The number of rotatable bonds is 4. The zero-order valence-corrected chi connectivity index (χ0v) is 10.7. The van der Waals surface area contributed by atoms with Crippen LogP contribution in [0.3, 0.4) is 0 Å². The molecular weight excluding hydrogens is 252 g/mol. The molecule has 1 aromatic rings. The summed E-state index contributed by atoms with van der Waals surface area (Å²) in [5, 5.41) is -0.00861. The monoisotopic (exact) mass is 265 g/mol. The summed E-state index contributed by atoms with van der Waals surface area (Å²) in [4.78, 5) is 13.5. The highest BCUT2D eigenvalue weighted by atomic mass is 35.5. The Bertz CT molecular complexity index is 369. The first-order valence-electron chi connectivity index (χ1n) is 4.63. The molecule has 0 aromatic heterocycles. The molecule has 1 aromatic carbocycles. The minimum atomic E-state index is -0.499. The lowest BCUT2D eigenvalue weighted by molar-refractivity contribution is 0.0972. The lowest BCUT2D eigenvalue weighted by atomic mass is 10.1. The van der Waals surface area contributed by atoms with E-state index in [1.165, 1.54) is 18.2 Å². The fourth-order valence-corrected chi connectivity index (χ4v) is 1.32. The Morgan fingerprint density at radius 2 is 2.06 bits per heavy atom. The summed E-state index contributed by atoms with van der Waals surface area (Å²) in [6.07, 6.45) is 0.412. The van der Waals surface area contributed by atoms with Crippen molar-refractivity contribution in [2.45, 2.75) is 6.42 Å². The maximum absolute atomic E-state index is 12.8. The van der Waals surface area contributed by atoms with Crippen LogP contribution in [0.2, 0.25) is 5.02 Å². The van der Waals surface area contributed by atoms with Crippen LogP contribution in [0, 0.1) is 5.82 Å². The van der Waals surface area contributed by atoms with E-state index in [1.807, 2.05) is 19.0 Å². The fourth-order valence-electron chi connectivity index (χ4n) is 1.14. The zero-order valence-electron chi connectivity index (χ0n) is 9.17. The van der Waals surface area contributed by atoms with E-state index in [9.17, 15) is 9.18 Å². The highest BCUT2D eigenvalue weighted by Crippen LogP contribution is 2.17. The van der Waals surface area contributed by atoms with Crippen LogP contribution >= 0.6 is 24.0 Å². The summed E-state index contributed by atoms with van der Waals surface area (Å²) >= 11 is 5.58. The molecule has 1 rings (SSSR count). The summed E-state index contributed by atoms with van der Waals surface area (Å²) in [5.74, 6) is -0.522. The highest BCUT2D eigenvalue weighted by molar-refractivity contribution is 6.31. The largest absolute Gasteiger partial charge is 0.309 e. The Hall–Kier alpha value is -0.640. The van der Waals surface area contributed by atoms with E-state index < -0.39 is 5.82 Å². The first kappa shape index (κ1) is 15.4. The summed E-state index contributed by atoms with van der Waals surface area (Å²) in [7, 11) is 3.79. The molecule has 0 amide bonds. The second-order valence-corrected chi connectivity index (χ2v) is 4.01. The Morgan fingerprint density at radius 1 is 1.44 bits per heavy atom. The van der Waals surface area contributed by atoms with Crippen LogP contribution in [0.15, 0.2) is 18.2 Å². The molecule has 0 saturated carbocycles. The summed E-state index contributed by atoms with van der Waals surface area (Å²) in [5.41, 5.74) is 0.461. The third-order valence-electron chi connectivity index (χ3n) is 2.03. The van der Waals surface area contributed by atoms with Gasteiger partial charge in [-0.2, -0.15) is 0 Å². The molecule has 0 aliphatic carbocycles. The van der Waals surface area contributed by atoms with Crippen molar-refractivity contribution in [1.82, 2.24) is 4.90 Å². The van der Waals surface area contributed by atoms with Gasteiger partial charge in [-0.25, -0.2) is 4.39 Å². The first-order valence-corrected chi connectivity index (χ1v) is 5.01. The van der Waals surface area contributed by atoms with Gasteiger partial charge in [0, 0.05) is 18.5 Å². The van der Waals surface area contributed by atoms with Crippen molar-refractivity contribution >= 4 is 29.8 Å². The van der Waals surface area contributed by atoms with E-state index in [2.05, 4.69) is 0 Å². The van der Waals surface area contributed by atoms with Gasteiger partial charge in [-0.05, 0) is 32.3 Å². The molecule has 16 heavy (non-hydrogen) atoms. The third-order valence-corrected chi connectivity index (χ3v) is 2.32. The van der Waals surface area contributed by atoms with Gasteiger partial charge in [0.2, 0.25) is 0 Å². The van der Waals surface area contributed by atoms with Gasteiger partial charge in [0.05, 0.1) is 5.02 Å². The molecule has 0 unspecified atom stereocenters. The maximum Gasteiger partial charge on any atom is 0.164 e. The summed E-state index contributed by atoms with van der Waals surface area (Å²) < 4.78 is 12.8. The van der Waals surface area contributed by atoms with Crippen molar-refractivity contribution in [2.24, 2.45) is 0 Å². The van der Waals surface area contributed by atoms with E-state index in [-0.39, 0.29) is 23.2 Å². The van der Waals surface area contributed by atoms with Gasteiger partial charge in [0.1, 0.15) is 5.82 Å². The number of hydrogen-bond acceptors (Lipinski definition) is 2. The van der Waals surface area contributed by atoms with Gasteiger partial charge in [-0.3, -0.25) is 4.79 Å². The van der Waals surface area contributed by atoms with Crippen LogP contribution in [-0.4, -0.2) is 31.3 Å². The Labute approximate surface area is 106 Å². The Kier molecular flexibility index (Phi) is 6.56. The molecule has 0 heterocycles. The van der Waals surface area contributed by atoms with Crippen molar-refractivity contribution < 1.29 is 9.18 Å². The smallest absolute Gasteiger partial charge is 0.164 e.